The van der Waals surface area contributed by atoms with Gasteiger partial charge < -0.3 is 19.8 Å². The Kier molecular flexibility index (Phi) is 8.76. The van der Waals surface area contributed by atoms with E-state index < -0.39 is 15.6 Å². The summed E-state index contributed by atoms with van der Waals surface area (Å²) >= 11 is 0. The number of hydrogen-bond donors (Lipinski definition) is 2. The van der Waals surface area contributed by atoms with Gasteiger partial charge in [-0.25, -0.2) is 8.42 Å². The fourth-order valence-electron chi connectivity index (χ4n) is 2.49. The van der Waals surface area contributed by atoms with Crippen LogP contribution in [0.25, 0.3) is 0 Å². The molecule has 0 aliphatic carbocycles. The predicted molar refractivity (Wildman–Crippen MR) is 110 cm³/mol. The van der Waals surface area contributed by atoms with Gasteiger partial charge in [0.25, 0.3) is 0 Å². The molecule has 1 fully saturated rings. The van der Waals surface area contributed by atoms with Gasteiger partial charge >= 0.3 is 0 Å². The Morgan fingerprint density at radius 1 is 1.42 bits per heavy atom. The van der Waals surface area contributed by atoms with E-state index in [1.165, 1.54) is 10.6 Å². The van der Waals surface area contributed by atoms with Crippen LogP contribution in [-0.4, -0.2) is 79.2 Å². The minimum absolute atomic E-state index is 0. The van der Waals surface area contributed by atoms with E-state index >= 15 is 0 Å². The van der Waals surface area contributed by atoms with Crippen LogP contribution in [0.1, 0.15) is 26.0 Å². The summed E-state index contributed by atoms with van der Waals surface area (Å²) in [7, 11) is -1.74. The summed E-state index contributed by atoms with van der Waals surface area (Å²) < 4.78 is 31.0. The Morgan fingerprint density at radius 2 is 2.08 bits per heavy atom. The second kappa shape index (κ2) is 9.85. The van der Waals surface area contributed by atoms with E-state index in [1.807, 2.05) is 11.8 Å². The van der Waals surface area contributed by atoms with Crippen LogP contribution in [0.5, 0.6) is 0 Å². The van der Waals surface area contributed by atoms with Crippen LogP contribution in [0.2, 0.25) is 0 Å². The molecule has 1 aromatic heterocycles. The summed E-state index contributed by atoms with van der Waals surface area (Å²) in [6.45, 7) is 5.90. The van der Waals surface area contributed by atoms with Crippen molar-refractivity contribution >= 4 is 40.0 Å². The van der Waals surface area contributed by atoms with Crippen LogP contribution in [0, 0.1) is 0 Å². The molecule has 0 radical (unpaired) electrons. The quantitative estimate of drug-likeness (QED) is 0.331. The molecule has 150 valence electrons. The molecule has 0 aromatic carbocycles. The molecule has 2 N–H and O–H groups in total. The van der Waals surface area contributed by atoms with E-state index in [4.69, 9.17) is 0 Å². The molecule has 1 aromatic rings. The second-order valence-electron chi connectivity index (χ2n) is 6.38. The minimum Gasteiger partial charge on any atom is -0.388 e. The van der Waals surface area contributed by atoms with Crippen molar-refractivity contribution in [3.8, 4) is 0 Å². The van der Waals surface area contributed by atoms with Crippen LogP contribution >= 0.6 is 24.0 Å². The Labute approximate surface area is 171 Å². The van der Waals surface area contributed by atoms with Crippen LogP contribution in [0.4, 0.5) is 0 Å². The van der Waals surface area contributed by atoms with Gasteiger partial charge in [0.2, 0.25) is 10.0 Å². The summed E-state index contributed by atoms with van der Waals surface area (Å²) in [5, 5.41) is 16.9. The van der Waals surface area contributed by atoms with E-state index in [2.05, 4.69) is 20.0 Å². The molecule has 0 bridgehead atoms. The van der Waals surface area contributed by atoms with Crippen molar-refractivity contribution in [1.29, 1.82) is 0 Å². The molecule has 2 heterocycles. The lowest BCUT2D eigenvalue weighted by atomic mass is 10.0. The van der Waals surface area contributed by atoms with Gasteiger partial charge in [-0.3, -0.25) is 4.99 Å². The zero-order valence-electron chi connectivity index (χ0n) is 15.4. The van der Waals surface area contributed by atoms with Crippen LogP contribution in [0.3, 0.4) is 0 Å². The molecule has 9 nitrogen and oxygen atoms in total. The number of aliphatic imine (C=N–C) groups is 1. The summed E-state index contributed by atoms with van der Waals surface area (Å²) in [5.74, 6) is 0.512. The molecule has 1 saturated heterocycles. The summed E-state index contributed by atoms with van der Waals surface area (Å²) in [6, 6.07) is 1.55. The average Bonchev–Trinajstić information content (AvgIpc) is 3.08. The normalized spacial score (nSPS) is 18.9. The van der Waals surface area contributed by atoms with Crippen molar-refractivity contribution in [2.75, 3.05) is 39.8 Å². The van der Waals surface area contributed by atoms with Crippen molar-refractivity contribution in [3.63, 3.8) is 0 Å². The topological polar surface area (TPSA) is 111 Å². The van der Waals surface area contributed by atoms with E-state index in [0.29, 0.717) is 50.8 Å². The van der Waals surface area contributed by atoms with Crippen molar-refractivity contribution in [1.82, 2.24) is 19.7 Å². The fourth-order valence-corrected chi connectivity index (χ4v) is 3.92. The number of halogens is 1. The number of guanidine groups is 1. The van der Waals surface area contributed by atoms with Crippen molar-refractivity contribution in [2.45, 2.75) is 31.6 Å². The second-order valence-corrected chi connectivity index (χ2v) is 8.35. The Bertz CT molecular complexity index is 670. The monoisotopic (exact) mass is 501 g/mol. The highest BCUT2D eigenvalue weighted by Crippen LogP contribution is 2.13. The third-order valence-corrected chi connectivity index (χ3v) is 6.17. The summed E-state index contributed by atoms with van der Waals surface area (Å²) in [6.07, 6.45) is 1.99. The lowest BCUT2D eigenvalue weighted by molar-refractivity contribution is 0.0595. The minimum atomic E-state index is -3.42. The first-order valence-electron chi connectivity index (χ1n) is 8.32. The molecule has 2 rings (SSSR count). The van der Waals surface area contributed by atoms with Crippen LogP contribution in [-0.2, 0) is 15.8 Å². The van der Waals surface area contributed by atoms with Crippen LogP contribution < -0.4 is 5.32 Å². The summed E-state index contributed by atoms with van der Waals surface area (Å²) in [4.78, 5) is 6.22. The number of hydrogen-bond acceptors (Lipinski definition) is 6. The first kappa shape index (κ1) is 23.1. The van der Waals surface area contributed by atoms with Crippen molar-refractivity contribution < 1.29 is 18.0 Å². The Morgan fingerprint density at radius 3 is 2.58 bits per heavy atom. The third kappa shape index (κ3) is 6.35. The van der Waals surface area contributed by atoms with E-state index in [9.17, 15) is 13.5 Å². The smallest absolute Gasteiger partial charge is 0.220 e. The van der Waals surface area contributed by atoms with E-state index in [1.54, 1.807) is 20.0 Å². The highest BCUT2D eigenvalue weighted by atomic mass is 127. The first-order valence-corrected chi connectivity index (χ1v) is 9.93. The largest absolute Gasteiger partial charge is 0.388 e. The number of aromatic nitrogens is 1. The summed E-state index contributed by atoms with van der Waals surface area (Å²) in [5.41, 5.74) is -0.402. The maximum absolute atomic E-state index is 12.4. The van der Waals surface area contributed by atoms with Gasteiger partial charge in [-0.05, 0) is 13.3 Å². The van der Waals surface area contributed by atoms with Gasteiger partial charge in [0.15, 0.2) is 5.96 Å². The Hall–Kier alpha value is -0.920. The number of nitrogens with one attached hydrogen (secondary N) is 1. The molecule has 0 amide bonds. The molecule has 1 aliphatic rings. The number of aliphatic hydroxyl groups is 1. The van der Waals surface area contributed by atoms with Gasteiger partial charge in [-0.2, -0.15) is 4.31 Å². The molecular weight excluding hydrogens is 473 g/mol. The molecule has 1 unspecified atom stereocenters. The first-order chi connectivity index (χ1) is 11.8. The maximum Gasteiger partial charge on any atom is 0.220 e. The van der Waals surface area contributed by atoms with Crippen molar-refractivity contribution in [2.24, 2.45) is 4.99 Å². The highest BCUT2D eigenvalue weighted by Gasteiger charge is 2.29. The van der Waals surface area contributed by atoms with Gasteiger partial charge in [0.1, 0.15) is 12.0 Å². The van der Waals surface area contributed by atoms with E-state index in [0.717, 1.165) is 0 Å². The van der Waals surface area contributed by atoms with E-state index in [-0.39, 0.29) is 29.7 Å². The van der Waals surface area contributed by atoms with Gasteiger partial charge in [0.05, 0.1) is 11.3 Å². The molecule has 26 heavy (non-hydrogen) atoms. The zero-order valence-corrected chi connectivity index (χ0v) is 18.5. The lowest BCUT2D eigenvalue weighted by Crippen LogP contribution is -2.55. The molecular formula is C15H28IN5O4S. The van der Waals surface area contributed by atoms with Crippen LogP contribution in [0.15, 0.2) is 21.8 Å². The maximum atomic E-state index is 12.4. The Balaban J connectivity index is 0.00000338. The number of piperazine rings is 1. The van der Waals surface area contributed by atoms with Crippen molar-refractivity contribution in [3.05, 3.63) is 18.0 Å². The fraction of sp³-hybridized carbons (Fsp3) is 0.733. The number of nitrogens with zero attached hydrogens (tertiary/aromatic N) is 4. The SMILES string of the molecule is CCC(C)(O)CNC(=NC)N1CCN(S(=O)(=O)Cc2ccon2)CC1.I. The predicted octanol–water partition coefficient (Wildman–Crippen LogP) is 0.476. The number of sulfonamides is 1. The molecule has 1 aliphatic heterocycles. The average molecular weight is 501 g/mol. The molecule has 0 spiro atoms. The van der Waals surface area contributed by atoms with Gasteiger partial charge in [0, 0.05) is 45.8 Å². The zero-order chi connectivity index (χ0) is 18.5. The molecule has 1 atom stereocenters. The highest BCUT2D eigenvalue weighted by molar-refractivity contribution is 14.0. The third-order valence-electron chi connectivity index (χ3n) is 4.35. The number of rotatable bonds is 6. The van der Waals surface area contributed by atoms with Gasteiger partial charge in [-0.15, -0.1) is 24.0 Å². The standard InChI is InChI=1S/C15H27N5O4S.HI/c1-4-15(2,21)12-17-14(16-3)19-6-8-20(9-7-19)25(22,23)11-13-5-10-24-18-13;/h5,10,21H,4,6-9,11-12H2,1-3H3,(H,16,17);1H. The lowest BCUT2D eigenvalue weighted by Gasteiger charge is -2.36. The van der Waals surface area contributed by atoms with Gasteiger partial charge in [-0.1, -0.05) is 12.1 Å². The molecule has 11 heteroatoms. The molecule has 0 saturated carbocycles.